The van der Waals surface area contributed by atoms with Crippen LogP contribution in [0.2, 0.25) is 0 Å². The summed E-state index contributed by atoms with van der Waals surface area (Å²) < 4.78 is 4.66. The Balaban J connectivity index is 2.76. The largest absolute Gasteiger partial charge is 0.388 e. The lowest BCUT2D eigenvalue weighted by molar-refractivity contribution is 0.507. The number of hydrogen-bond donors (Lipinski definition) is 0. The Morgan fingerprint density at radius 1 is 1.46 bits per heavy atom. The molecule has 0 aliphatic carbocycles. The van der Waals surface area contributed by atoms with Gasteiger partial charge in [-0.1, -0.05) is 35.0 Å². The molecule has 3 heteroatoms. The molecule has 1 rings (SSSR count). The maximum Gasteiger partial charge on any atom is 0.292 e. The lowest BCUT2D eigenvalue weighted by Crippen LogP contribution is -1.87. The van der Waals surface area contributed by atoms with E-state index in [2.05, 4.69) is 27.6 Å². The van der Waals surface area contributed by atoms with Gasteiger partial charge in [0.05, 0.1) is 0 Å². The van der Waals surface area contributed by atoms with Crippen LogP contribution in [0.3, 0.4) is 0 Å². The van der Waals surface area contributed by atoms with Gasteiger partial charge in [-0.2, -0.15) is 0 Å². The minimum Gasteiger partial charge on any atom is -0.388 e. The summed E-state index contributed by atoms with van der Waals surface area (Å²) in [6.45, 7) is 2.11. The molecule has 1 aromatic carbocycles. The van der Waals surface area contributed by atoms with E-state index in [0.29, 0.717) is 10.6 Å². The highest BCUT2D eigenvalue weighted by atomic mass is 79.9. The molecule has 0 spiro atoms. The quantitative estimate of drug-likeness (QED) is 0.599. The number of alkyl halides is 1. The molecule has 0 bridgehead atoms. The SMILES string of the molecule is CCC(Br)c1ccc(OC#N)cc1. The van der Waals surface area contributed by atoms with E-state index in [9.17, 15) is 0 Å². The van der Waals surface area contributed by atoms with E-state index in [1.54, 1.807) is 18.4 Å². The smallest absolute Gasteiger partial charge is 0.292 e. The van der Waals surface area contributed by atoms with Gasteiger partial charge in [0.25, 0.3) is 6.26 Å². The second-order valence-electron chi connectivity index (χ2n) is 2.64. The van der Waals surface area contributed by atoms with Gasteiger partial charge in [-0.05, 0) is 24.1 Å². The van der Waals surface area contributed by atoms with Crippen LogP contribution in [0.4, 0.5) is 0 Å². The number of rotatable bonds is 3. The van der Waals surface area contributed by atoms with Gasteiger partial charge in [-0.25, -0.2) is 0 Å². The maximum atomic E-state index is 8.26. The molecule has 0 aliphatic heterocycles. The van der Waals surface area contributed by atoms with Crippen LogP contribution < -0.4 is 4.74 Å². The summed E-state index contributed by atoms with van der Waals surface area (Å²) in [5.41, 5.74) is 1.20. The lowest BCUT2D eigenvalue weighted by Gasteiger charge is -2.06. The summed E-state index contributed by atoms with van der Waals surface area (Å²) in [7, 11) is 0. The summed E-state index contributed by atoms with van der Waals surface area (Å²) in [5.74, 6) is 0.585. The van der Waals surface area contributed by atoms with Crippen LogP contribution in [0.5, 0.6) is 5.75 Å². The highest BCUT2D eigenvalue weighted by Crippen LogP contribution is 2.27. The maximum absolute atomic E-state index is 8.26. The van der Waals surface area contributed by atoms with Crippen LogP contribution in [0.15, 0.2) is 24.3 Å². The van der Waals surface area contributed by atoms with Gasteiger partial charge in [0.15, 0.2) is 0 Å². The van der Waals surface area contributed by atoms with Gasteiger partial charge < -0.3 is 4.74 Å². The molecule has 0 amide bonds. The molecule has 2 nitrogen and oxygen atoms in total. The molecule has 0 aromatic heterocycles. The molecule has 0 heterocycles. The summed E-state index contributed by atoms with van der Waals surface area (Å²) >= 11 is 3.54. The Morgan fingerprint density at radius 3 is 2.54 bits per heavy atom. The Morgan fingerprint density at radius 2 is 2.08 bits per heavy atom. The molecule has 0 saturated heterocycles. The van der Waals surface area contributed by atoms with Crippen molar-refractivity contribution in [3.05, 3.63) is 29.8 Å². The van der Waals surface area contributed by atoms with Crippen LogP contribution in [0.25, 0.3) is 0 Å². The van der Waals surface area contributed by atoms with Gasteiger partial charge in [0.1, 0.15) is 5.75 Å². The standard InChI is InChI=1S/C10H10BrNO/c1-2-10(11)8-3-5-9(6-4-8)13-7-12/h3-6,10H,2H2,1H3. The first-order chi connectivity index (χ1) is 6.27. The third kappa shape index (κ3) is 2.74. The average Bonchev–Trinajstić information content (AvgIpc) is 2.18. The van der Waals surface area contributed by atoms with E-state index in [4.69, 9.17) is 5.26 Å². The Hall–Kier alpha value is -1.01. The Kier molecular flexibility index (Phi) is 3.78. The fraction of sp³-hybridized carbons (Fsp3) is 0.300. The number of hydrogen-bond acceptors (Lipinski definition) is 2. The van der Waals surface area contributed by atoms with Gasteiger partial charge in [0, 0.05) is 4.83 Å². The summed E-state index contributed by atoms with van der Waals surface area (Å²) in [6, 6.07) is 7.50. The average molecular weight is 240 g/mol. The molecule has 68 valence electrons. The second kappa shape index (κ2) is 4.88. The predicted octanol–water partition coefficient (Wildman–Crippen LogP) is 3.39. The normalized spacial score (nSPS) is 11.8. The van der Waals surface area contributed by atoms with E-state index in [-0.39, 0.29) is 0 Å². The van der Waals surface area contributed by atoms with Crippen molar-refractivity contribution in [2.75, 3.05) is 0 Å². The zero-order chi connectivity index (χ0) is 9.68. The molecule has 0 N–H and O–H groups in total. The topological polar surface area (TPSA) is 33.0 Å². The number of halogens is 1. The number of nitriles is 1. The van der Waals surface area contributed by atoms with E-state index < -0.39 is 0 Å². The first-order valence-corrected chi connectivity index (χ1v) is 4.99. The zero-order valence-corrected chi connectivity index (χ0v) is 8.91. The van der Waals surface area contributed by atoms with E-state index in [0.717, 1.165) is 6.42 Å². The van der Waals surface area contributed by atoms with Crippen molar-refractivity contribution in [2.45, 2.75) is 18.2 Å². The van der Waals surface area contributed by atoms with Crippen LogP contribution in [0, 0.1) is 11.5 Å². The van der Waals surface area contributed by atoms with Crippen molar-refractivity contribution in [3.8, 4) is 12.0 Å². The summed E-state index contributed by atoms with van der Waals surface area (Å²) in [6.07, 6.45) is 2.68. The molecule has 0 radical (unpaired) electrons. The summed E-state index contributed by atoms with van der Waals surface area (Å²) in [4.78, 5) is 0.378. The molecule has 1 atom stereocenters. The molecular formula is C10H10BrNO. The first-order valence-electron chi connectivity index (χ1n) is 4.08. The van der Waals surface area contributed by atoms with Gasteiger partial charge in [0.2, 0.25) is 0 Å². The molecular weight excluding hydrogens is 230 g/mol. The van der Waals surface area contributed by atoms with Crippen molar-refractivity contribution in [1.82, 2.24) is 0 Å². The Labute approximate surface area is 86.3 Å². The minimum absolute atomic E-state index is 0.378. The lowest BCUT2D eigenvalue weighted by atomic mass is 10.1. The van der Waals surface area contributed by atoms with Crippen LogP contribution in [-0.2, 0) is 0 Å². The molecule has 13 heavy (non-hydrogen) atoms. The number of benzene rings is 1. The monoisotopic (exact) mass is 239 g/mol. The minimum atomic E-state index is 0.378. The highest BCUT2D eigenvalue weighted by Gasteiger charge is 2.03. The third-order valence-electron chi connectivity index (χ3n) is 1.76. The molecule has 0 aliphatic rings. The molecule has 0 saturated carbocycles. The van der Waals surface area contributed by atoms with Gasteiger partial charge in [-0.15, -0.1) is 5.26 Å². The van der Waals surface area contributed by atoms with Crippen molar-refractivity contribution in [1.29, 1.82) is 5.26 Å². The van der Waals surface area contributed by atoms with E-state index in [1.165, 1.54) is 5.56 Å². The molecule has 0 fully saturated rings. The third-order valence-corrected chi connectivity index (χ3v) is 2.94. The number of ether oxygens (including phenoxy) is 1. The zero-order valence-electron chi connectivity index (χ0n) is 7.33. The van der Waals surface area contributed by atoms with E-state index >= 15 is 0 Å². The van der Waals surface area contributed by atoms with Crippen LogP contribution in [-0.4, -0.2) is 0 Å². The molecule has 1 aromatic rings. The van der Waals surface area contributed by atoms with Crippen molar-refractivity contribution < 1.29 is 4.74 Å². The predicted molar refractivity (Wildman–Crippen MR) is 54.6 cm³/mol. The fourth-order valence-electron chi connectivity index (χ4n) is 1.03. The van der Waals surface area contributed by atoms with Gasteiger partial charge in [-0.3, -0.25) is 0 Å². The van der Waals surface area contributed by atoms with E-state index in [1.807, 2.05) is 12.1 Å². The van der Waals surface area contributed by atoms with Crippen molar-refractivity contribution in [2.24, 2.45) is 0 Å². The second-order valence-corrected chi connectivity index (χ2v) is 3.74. The van der Waals surface area contributed by atoms with Crippen LogP contribution >= 0.6 is 15.9 Å². The highest BCUT2D eigenvalue weighted by molar-refractivity contribution is 9.09. The Bertz CT molecular complexity index is 302. The van der Waals surface area contributed by atoms with Gasteiger partial charge >= 0.3 is 0 Å². The number of nitrogens with zero attached hydrogens (tertiary/aromatic N) is 1. The molecule has 1 unspecified atom stereocenters. The van der Waals surface area contributed by atoms with Crippen molar-refractivity contribution in [3.63, 3.8) is 0 Å². The van der Waals surface area contributed by atoms with Crippen molar-refractivity contribution >= 4 is 15.9 Å². The summed E-state index contributed by atoms with van der Waals surface area (Å²) in [5, 5.41) is 8.26. The fourth-order valence-corrected chi connectivity index (χ4v) is 1.34. The first kappa shape index (κ1) is 10.1. The van der Waals surface area contributed by atoms with Crippen LogP contribution in [0.1, 0.15) is 23.7 Å².